The molecule has 4 aromatic heterocycles. The Labute approximate surface area is 330 Å². The van der Waals surface area contributed by atoms with Crippen LogP contribution in [0.4, 0.5) is 0 Å². The zero-order valence-electron chi connectivity index (χ0n) is 30.4. The van der Waals surface area contributed by atoms with Gasteiger partial charge in [-0.3, -0.25) is 0 Å². The largest absolute Gasteiger partial charge is 0.456 e. The van der Waals surface area contributed by atoms with E-state index in [1.807, 2.05) is 47.7 Å². The lowest BCUT2D eigenvalue weighted by Crippen LogP contribution is -2.00. The van der Waals surface area contributed by atoms with E-state index in [0.29, 0.717) is 17.5 Å². The van der Waals surface area contributed by atoms with Crippen molar-refractivity contribution < 1.29 is 4.42 Å². The molecule has 0 aliphatic carbocycles. The summed E-state index contributed by atoms with van der Waals surface area (Å²) in [5, 5.41) is 6.95. The van der Waals surface area contributed by atoms with Crippen molar-refractivity contribution in [3.8, 4) is 51.0 Å². The number of thiophene rings is 1. The maximum absolute atomic E-state index is 6.66. The average molecular weight is 747 g/mol. The van der Waals surface area contributed by atoms with Crippen LogP contribution >= 0.6 is 11.3 Å². The Hall–Kier alpha value is -7.41. The van der Waals surface area contributed by atoms with E-state index in [9.17, 15) is 0 Å². The second-order valence-corrected chi connectivity index (χ2v) is 15.4. The Morgan fingerprint density at radius 3 is 1.82 bits per heavy atom. The number of hydrogen-bond donors (Lipinski definition) is 0. The van der Waals surface area contributed by atoms with Crippen molar-refractivity contribution >= 4 is 75.3 Å². The highest BCUT2D eigenvalue weighted by Crippen LogP contribution is 2.42. The fourth-order valence-corrected chi connectivity index (χ4v) is 9.70. The molecule has 57 heavy (non-hydrogen) atoms. The van der Waals surface area contributed by atoms with E-state index < -0.39 is 0 Å². The van der Waals surface area contributed by atoms with E-state index in [-0.39, 0.29) is 0 Å². The Kier molecular flexibility index (Phi) is 7.03. The molecular weight excluding hydrogens is 717 g/mol. The van der Waals surface area contributed by atoms with Crippen LogP contribution in [-0.4, -0.2) is 19.5 Å². The third-order valence-corrected chi connectivity index (χ3v) is 12.3. The van der Waals surface area contributed by atoms with Crippen LogP contribution in [0.5, 0.6) is 0 Å². The van der Waals surface area contributed by atoms with Crippen molar-refractivity contribution in [3.63, 3.8) is 0 Å². The van der Waals surface area contributed by atoms with Crippen LogP contribution in [0.2, 0.25) is 0 Å². The number of nitrogens with zero attached hydrogens (tertiary/aromatic N) is 4. The summed E-state index contributed by atoms with van der Waals surface area (Å²) in [6, 6.07) is 63.7. The van der Waals surface area contributed by atoms with E-state index in [4.69, 9.17) is 19.4 Å². The predicted molar refractivity (Wildman–Crippen MR) is 236 cm³/mol. The average Bonchev–Trinajstić information content (AvgIpc) is 3.96. The first-order chi connectivity index (χ1) is 28.2. The quantitative estimate of drug-likeness (QED) is 0.176. The highest BCUT2D eigenvalue weighted by molar-refractivity contribution is 7.26. The van der Waals surface area contributed by atoms with E-state index >= 15 is 0 Å². The Bertz CT molecular complexity index is 3530. The molecule has 0 fully saturated rings. The van der Waals surface area contributed by atoms with Gasteiger partial charge in [0.2, 0.25) is 0 Å². The topological polar surface area (TPSA) is 56.7 Å². The van der Waals surface area contributed by atoms with Crippen molar-refractivity contribution in [1.82, 2.24) is 19.5 Å². The molecule has 0 amide bonds. The van der Waals surface area contributed by atoms with Crippen LogP contribution in [0.25, 0.3) is 115 Å². The van der Waals surface area contributed by atoms with Crippen LogP contribution in [0.1, 0.15) is 0 Å². The summed E-state index contributed by atoms with van der Waals surface area (Å²) >= 11 is 1.84. The molecule has 0 N–H and O–H groups in total. The number of fused-ring (bicyclic) bond motifs is 9. The molecule has 266 valence electrons. The lowest BCUT2D eigenvalue weighted by molar-refractivity contribution is 0.669. The van der Waals surface area contributed by atoms with Gasteiger partial charge in [0.05, 0.1) is 11.0 Å². The molecule has 0 saturated carbocycles. The van der Waals surface area contributed by atoms with Crippen molar-refractivity contribution in [3.05, 3.63) is 182 Å². The van der Waals surface area contributed by atoms with Gasteiger partial charge in [-0.15, -0.1) is 11.3 Å². The highest BCUT2D eigenvalue weighted by atomic mass is 32.1. The van der Waals surface area contributed by atoms with Gasteiger partial charge in [-0.05, 0) is 65.7 Å². The lowest BCUT2D eigenvalue weighted by Gasteiger charge is -2.10. The van der Waals surface area contributed by atoms with Crippen LogP contribution < -0.4 is 0 Å². The summed E-state index contributed by atoms with van der Waals surface area (Å²) in [4.78, 5) is 15.5. The fraction of sp³-hybridized carbons (Fsp3) is 0. The van der Waals surface area contributed by atoms with Crippen molar-refractivity contribution in [2.75, 3.05) is 0 Å². The second-order valence-electron chi connectivity index (χ2n) is 14.4. The standard InChI is InChI=1S/C51H30N4OS/c1-3-13-31(14-4-1)49-52-50(54-51(53-49)41-21-12-23-43-47(41)40-18-7-9-22-42(40)55(43)34-15-5-2-6-16-34)33-26-28-37-36-27-25-32(29-44(36)56-45(37)30-33)35-19-11-20-39-38-17-8-10-24-46(38)57-48(35)39/h1-30H. The van der Waals surface area contributed by atoms with Gasteiger partial charge in [0.1, 0.15) is 11.2 Å². The minimum absolute atomic E-state index is 0.585. The van der Waals surface area contributed by atoms with Crippen LogP contribution in [-0.2, 0) is 0 Å². The lowest BCUT2D eigenvalue weighted by atomic mass is 10.0. The predicted octanol–water partition coefficient (Wildman–Crippen LogP) is 13.9. The van der Waals surface area contributed by atoms with Crippen LogP contribution in [0.15, 0.2) is 186 Å². The third-order valence-electron chi connectivity index (χ3n) is 11.1. The zero-order valence-corrected chi connectivity index (χ0v) is 31.2. The summed E-state index contributed by atoms with van der Waals surface area (Å²) in [5.41, 5.74) is 10.0. The molecule has 0 saturated heterocycles. The van der Waals surface area contributed by atoms with Crippen molar-refractivity contribution in [2.24, 2.45) is 0 Å². The molecular formula is C51H30N4OS. The van der Waals surface area contributed by atoms with Crippen LogP contribution in [0, 0.1) is 0 Å². The molecule has 5 nitrogen and oxygen atoms in total. The summed E-state index contributed by atoms with van der Waals surface area (Å²) in [5.74, 6) is 1.82. The number of hydrogen-bond acceptors (Lipinski definition) is 5. The molecule has 0 aliphatic rings. The van der Waals surface area contributed by atoms with Gasteiger partial charge in [-0.25, -0.2) is 15.0 Å². The van der Waals surface area contributed by atoms with Gasteiger partial charge in [0.15, 0.2) is 17.5 Å². The van der Waals surface area contributed by atoms with Crippen molar-refractivity contribution in [2.45, 2.75) is 0 Å². The molecule has 12 rings (SSSR count). The summed E-state index contributed by atoms with van der Waals surface area (Å²) in [6.07, 6.45) is 0. The SMILES string of the molecule is c1ccc(-c2nc(-c3ccc4c(c3)oc3cc(-c5cccc6c5sc5ccccc56)ccc34)nc(-c3cccc4c3c3ccccc3n4-c3ccccc3)n2)cc1. The van der Waals surface area contributed by atoms with Gasteiger partial charge >= 0.3 is 0 Å². The molecule has 0 bridgehead atoms. The smallest absolute Gasteiger partial charge is 0.164 e. The van der Waals surface area contributed by atoms with Gasteiger partial charge < -0.3 is 8.98 Å². The molecule has 4 heterocycles. The molecule has 0 aliphatic heterocycles. The highest BCUT2D eigenvalue weighted by Gasteiger charge is 2.20. The van der Waals surface area contributed by atoms with E-state index in [0.717, 1.165) is 71.7 Å². The maximum Gasteiger partial charge on any atom is 0.164 e. The van der Waals surface area contributed by atoms with Crippen molar-refractivity contribution in [1.29, 1.82) is 0 Å². The molecule has 12 aromatic rings. The van der Waals surface area contributed by atoms with E-state index in [2.05, 4.69) is 150 Å². The first-order valence-corrected chi connectivity index (χ1v) is 19.8. The first-order valence-electron chi connectivity index (χ1n) is 19.0. The second kappa shape index (κ2) is 12.6. The van der Waals surface area contributed by atoms with Gasteiger partial charge in [-0.1, -0.05) is 127 Å². The zero-order chi connectivity index (χ0) is 37.5. The van der Waals surface area contributed by atoms with E-state index in [1.165, 1.54) is 25.7 Å². The summed E-state index contributed by atoms with van der Waals surface area (Å²) in [7, 11) is 0. The number of rotatable bonds is 5. The van der Waals surface area contributed by atoms with Gasteiger partial charge in [-0.2, -0.15) is 0 Å². The molecule has 8 aromatic carbocycles. The Balaban J connectivity index is 1.02. The van der Waals surface area contributed by atoms with Crippen LogP contribution in [0.3, 0.4) is 0 Å². The first kappa shape index (κ1) is 31.9. The molecule has 0 atom stereocenters. The number of benzene rings is 8. The Morgan fingerprint density at radius 2 is 1.00 bits per heavy atom. The number of furan rings is 1. The minimum atomic E-state index is 0.585. The number of aromatic nitrogens is 4. The molecule has 0 spiro atoms. The summed E-state index contributed by atoms with van der Waals surface area (Å²) < 4.78 is 11.6. The monoisotopic (exact) mass is 746 g/mol. The molecule has 0 radical (unpaired) electrons. The molecule has 0 unspecified atom stereocenters. The van der Waals surface area contributed by atoms with Gasteiger partial charge in [0.25, 0.3) is 0 Å². The maximum atomic E-state index is 6.66. The Morgan fingerprint density at radius 1 is 0.404 bits per heavy atom. The number of para-hydroxylation sites is 2. The van der Waals surface area contributed by atoms with E-state index in [1.54, 1.807) is 0 Å². The third kappa shape index (κ3) is 5.04. The molecule has 6 heteroatoms. The minimum Gasteiger partial charge on any atom is -0.456 e. The fourth-order valence-electron chi connectivity index (χ4n) is 8.46. The summed E-state index contributed by atoms with van der Waals surface area (Å²) in [6.45, 7) is 0. The van der Waals surface area contributed by atoms with Gasteiger partial charge in [0, 0.05) is 64.1 Å². The normalized spacial score (nSPS) is 11.9.